The van der Waals surface area contributed by atoms with Crippen LogP contribution in [0.15, 0.2) is 65.1 Å². The number of benzene rings is 3. The van der Waals surface area contributed by atoms with Crippen LogP contribution in [-0.4, -0.2) is 24.1 Å². The average Bonchev–Trinajstić information content (AvgIpc) is 3.16. The number of ether oxygens (including phenoxy) is 2. The van der Waals surface area contributed by atoms with Crippen molar-refractivity contribution in [3.63, 3.8) is 0 Å². The Morgan fingerprint density at radius 1 is 0.893 bits per heavy atom. The molecule has 0 aliphatic rings. The second-order valence-electron chi connectivity index (χ2n) is 6.07. The van der Waals surface area contributed by atoms with Crippen molar-refractivity contribution in [2.45, 2.75) is 0 Å². The van der Waals surface area contributed by atoms with E-state index in [0.717, 1.165) is 16.9 Å². The molecule has 7 heteroatoms. The van der Waals surface area contributed by atoms with Crippen LogP contribution in [0.25, 0.3) is 33.7 Å². The van der Waals surface area contributed by atoms with E-state index in [-0.39, 0.29) is 11.4 Å². The summed E-state index contributed by atoms with van der Waals surface area (Å²) in [5.41, 5.74) is 3.64. The van der Waals surface area contributed by atoms with Gasteiger partial charge in [0.1, 0.15) is 11.3 Å². The molecule has 0 spiro atoms. The highest BCUT2D eigenvalue weighted by atomic mass is 16.6. The summed E-state index contributed by atoms with van der Waals surface area (Å²) in [7, 11) is 3.02. The van der Waals surface area contributed by atoms with Crippen molar-refractivity contribution in [3.8, 4) is 34.1 Å². The molecule has 0 aliphatic carbocycles. The Kier molecular flexibility index (Phi) is 4.41. The van der Waals surface area contributed by atoms with Gasteiger partial charge in [-0.15, -0.1) is 0 Å². The number of methoxy groups -OCH3 is 2. The van der Waals surface area contributed by atoms with Crippen LogP contribution < -0.4 is 9.47 Å². The molecule has 7 nitrogen and oxygen atoms in total. The molecular formula is C21H16N2O5. The first-order valence-electron chi connectivity index (χ1n) is 8.47. The maximum absolute atomic E-state index is 11.2. The highest BCUT2D eigenvalue weighted by molar-refractivity contribution is 5.82. The van der Waals surface area contributed by atoms with E-state index in [1.54, 1.807) is 13.2 Å². The van der Waals surface area contributed by atoms with Gasteiger partial charge in [-0.25, -0.2) is 4.98 Å². The molecule has 0 radical (unpaired) electrons. The van der Waals surface area contributed by atoms with Gasteiger partial charge in [0.25, 0.3) is 0 Å². The third-order valence-corrected chi connectivity index (χ3v) is 4.43. The fourth-order valence-corrected chi connectivity index (χ4v) is 2.98. The van der Waals surface area contributed by atoms with Crippen molar-refractivity contribution in [2.75, 3.05) is 14.2 Å². The normalized spacial score (nSPS) is 10.8. The number of nitro benzene ring substituents is 1. The fraction of sp³-hybridized carbons (Fsp3) is 0.0952. The Bertz CT molecular complexity index is 1170. The molecular weight excluding hydrogens is 360 g/mol. The van der Waals surface area contributed by atoms with Gasteiger partial charge in [0.15, 0.2) is 11.3 Å². The van der Waals surface area contributed by atoms with Gasteiger partial charge >= 0.3 is 5.69 Å². The summed E-state index contributed by atoms with van der Waals surface area (Å²) in [6.45, 7) is 0. The Morgan fingerprint density at radius 2 is 1.61 bits per heavy atom. The van der Waals surface area contributed by atoms with Crippen LogP contribution >= 0.6 is 0 Å². The molecule has 4 rings (SSSR count). The van der Waals surface area contributed by atoms with Crippen LogP contribution in [-0.2, 0) is 0 Å². The molecule has 0 fully saturated rings. The summed E-state index contributed by atoms with van der Waals surface area (Å²) >= 11 is 0. The molecule has 0 atom stereocenters. The van der Waals surface area contributed by atoms with E-state index in [1.807, 2.05) is 42.5 Å². The molecule has 1 heterocycles. The number of hydrogen-bond donors (Lipinski definition) is 0. The largest absolute Gasteiger partial charge is 0.497 e. The van der Waals surface area contributed by atoms with Crippen molar-refractivity contribution in [1.82, 2.24) is 4.98 Å². The molecule has 0 unspecified atom stereocenters. The standard InChI is InChI=1S/C21H16N2O5/c1-26-16-7-3-13(4-8-16)14-5-9-19-17(11-14)22-21(28-19)15-6-10-20(27-2)18(12-15)23(24)25/h3-12H,1-2H3. The van der Waals surface area contributed by atoms with Gasteiger partial charge in [0.05, 0.1) is 19.1 Å². The molecule has 0 aliphatic heterocycles. The lowest BCUT2D eigenvalue weighted by molar-refractivity contribution is -0.385. The van der Waals surface area contributed by atoms with E-state index in [4.69, 9.17) is 13.9 Å². The number of rotatable bonds is 5. The summed E-state index contributed by atoms with van der Waals surface area (Å²) in [4.78, 5) is 15.3. The Balaban J connectivity index is 1.74. The highest BCUT2D eigenvalue weighted by Crippen LogP contribution is 2.34. The van der Waals surface area contributed by atoms with Gasteiger partial charge in [0, 0.05) is 11.6 Å². The second-order valence-corrected chi connectivity index (χ2v) is 6.07. The number of nitro groups is 1. The molecule has 1 aromatic heterocycles. The first kappa shape index (κ1) is 17.5. The Morgan fingerprint density at radius 3 is 2.29 bits per heavy atom. The van der Waals surface area contributed by atoms with Crippen LogP contribution in [0.4, 0.5) is 5.69 Å². The predicted molar refractivity (Wildman–Crippen MR) is 105 cm³/mol. The number of hydrogen-bond acceptors (Lipinski definition) is 6. The van der Waals surface area contributed by atoms with E-state index >= 15 is 0 Å². The lowest BCUT2D eigenvalue weighted by Crippen LogP contribution is -1.94. The summed E-state index contributed by atoms with van der Waals surface area (Å²) in [6, 6.07) is 18.0. The molecule has 3 aromatic carbocycles. The van der Waals surface area contributed by atoms with Crippen molar-refractivity contribution < 1.29 is 18.8 Å². The van der Waals surface area contributed by atoms with Crippen molar-refractivity contribution in [1.29, 1.82) is 0 Å². The minimum Gasteiger partial charge on any atom is -0.497 e. The van der Waals surface area contributed by atoms with Crippen molar-refractivity contribution in [3.05, 3.63) is 70.8 Å². The third-order valence-electron chi connectivity index (χ3n) is 4.43. The fourth-order valence-electron chi connectivity index (χ4n) is 2.98. The van der Waals surface area contributed by atoms with Crippen LogP contribution in [0.3, 0.4) is 0 Å². The van der Waals surface area contributed by atoms with E-state index in [1.165, 1.54) is 19.2 Å². The molecule has 0 saturated carbocycles. The van der Waals surface area contributed by atoms with Crippen LogP contribution in [0.2, 0.25) is 0 Å². The minimum atomic E-state index is -0.493. The molecule has 0 saturated heterocycles. The van der Waals surface area contributed by atoms with Gasteiger partial charge < -0.3 is 13.9 Å². The molecule has 28 heavy (non-hydrogen) atoms. The lowest BCUT2D eigenvalue weighted by atomic mass is 10.1. The third kappa shape index (κ3) is 3.14. The number of nitrogens with zero attached hydrogens (tertiary/aromatic N) is 2. The van der Waals surface area contributed by atoms with Crippen LogP contribution in [0.1, 0.15) is 0 Å². The van der Waals surface area contributed by atoms with E-state index in [9.17, 15) is 10.1 Å². The summed E-state index contributed by atoms with van der Waals surface area (Å²) in [5.74, 6) is 1.29. The zero-order chi connectivity index (χ0) is 19.7. The minimum absolute atomic E-state index is 0.138. The first-order chi connectivity index (χ1) is 13.6. The van der Waals surface area contributed by atoms with Gasteiger partial charge in [-0.05, 0) is 47.5 Å². The van der Waals surface area contributed by atoms with Gasteiger partial charge in [0.2, 0.25) is 5.89 Å². The maximum atomic E-state index is 11.2. The summed E-state index contributed by atoms with van der Waals surface area (Å²) in [5, 5.41) is 11.2. The van der Waals surface area contributed by atoms with E-state index in [0.29, 0.717) is 22.6 Å². The number of fused-ring (bicyclic) bond motifs is 1. The predicted octanol–water partition coefficient (Wildman–Crippen LogP) is 5.09. The smallest absolute Gasteiger partial charge is 0.311 e. The molecule has 4 aromatic rings. The highest BCUT2D eigenvalue weighted by Gasteiger charge is 2.18. The zero-order valence-corrected chi connectivity index (χ0v) is 15.2. The number of aromatic nitrogens is 1. The summed E-state index contributed by atoms with van der Waals surface area (Å²) < 4.78 is 16.0. The van der Waals surface area contributed by atoms with Crippen LogP contribution in [0, 0.1) is 10.1 Å². The lowest BCUT2D eigenvalue weighted by Gasteiger charge is -2.03. The first-order valence-corrected chi connectivity index (χ1v) is 8.47. The summed E-state index contributed by atoms with van der Waals surface area (Å²) in [6.07, 6.45) is 0. The van der Waals surface area contributed by atoms with Gasteiger partial charge in [-0.2, -0.15) is 0 Å². The average molecular weight is 376 g/mol. The SMILES string of the molecule is COc1ccc(-c2ccc3oc(-c4ccc(OC)c([N+](=O)[O-])c4)nc3c2)cc1. The Labute approximate surface area is 160 Å². The van der Waals surface area contributed by atoms with E-state index in [2.05, 4.69) is 4.98 Å². The van der Waals surface area contributed by atoms with Gasteiger partial charge in [-0.3, -0.25) is 10.1 Å². The maximum Gasteiger partial charge on any atom is 0.311 e. The van der Waals surface area contributed by atoms with Crippen LogP contribution in [0.5, 0.6) is 11.5 Å². The quantitative estimate of drug-likeness (QED) is 0.356. The van der Waals surface area contributed by atoms with Gasteiger partial charge in [-0.1, -0.05) is 18.2 Å². The molecule has 0 bridgehead atoms. The van der Waals surface area contributed by atoms with Crippen molar-refractivity contribution >= 4 is 16.8 Å². The molecule has 140 valence electrons. The molecule has 0 amide bonds. The monoisotopic (exact) mass is 376 g/mol. The topological polar surface area (TPSA) is 87.6 Å². The second kappa shape index (κ2) is 7.03. The molecule has 0 N–H and O–H groups in total. The van der Waals surface area contributed by atoms with E-state index < -0.39 is 4.92 Å². The zero-order valence-electron chi connectivity index (χ0n) is 15.2. The van der Waals surface area contributed by atoms with Crippen molar-refractivity contribution in [2.24, 2.45) is 0 Å². The number of oxazole rings is 1. The Hall–Kier alpha value is -3.87.